The van der Waals surface area contributed by atoms with Crippen LogP contribution in [-0.4, -0.2) is 35.1 Å². The van der Waals surface area contributed by atoms with Crippen molar-refractivity contribution in [1.82, 2.24) is 4.90 Å². The number of carbonyl (C=O) groups excluding carboxylic acids is 3. The molecule has 4 rings (SSSR count). The summed E-state index contributed by atoms with van der Waals surface area (Å²) in [4.78, 5) is 39.1. The quantitative estimate of drug-likeness (QED) is 0.324. The fraction of sp³-hybridized carbons (Fsp3) is 0.200. The van der Waals surface area contributed by atoms with Gasteiger partial charge in [-0.3, -0.25) is 19.3 Å². The minimum Gasteiger partial charge on any atom is -0.490 e. The smallest absolute Gasteiger partial charge is 0.294 e. The van der Waals surface area contributed by atoms with Gasteiger partial charge in [0.15, 0.2) is 11.5 Å². The Morgan fingerprint density at radius 3 is 2.51 bits per heavy atom. The second-order valence-electron chi connectivity index (χ2n) is 8.56. The predicted octanol–water partition coefficient (Wildman–Crippen LogP) is 5.77. The molecule has 0 saturated carbocycles. The zero-order chi connectivity index (χ0) is 27.8. The van der Waals surface area contributed by atoms with E-state index in [4.69, 9.17) is 9.47 Å². The number of rotatable bonds is 10. The first-order valence-electron chi connectivity index (χ1n) is 12.4. The number of ether oxygens (including phenoxy) is 2. The van der Waals surface area contributed by atoms with Crippen LogP contribution in [0.2, 0.25) is 0 Å². The summed E-state index contributed by atoms with van der Waals surface area (Å²) < 4.78 is 11.7. The second kappa shape index (κ2) is 12.8. The van der Waals surface area contributed by atoms with Gasteiger partial charge in [-0.15, -0.1) is 0 Å². The van der Waals surface area contributed by atoms with Crippen molar-refractivity contribution < 1.29 is 23.9 Å². The average Bonchev–Trinajstić information content (AvgIpc) is 3.20. The van der Waals surface area contributed by atoms with Crippen molar-refractivity contribution in [2.24, 2.45) is 0 Å². The largest absolute Gasteiger partial charge is 0.490 e. The lowest BCUT2D eigenvalue weighted by Crippen LogP contribution is -2.36. The van der Waals surface area contributed by atoms with Crippen LogP contribution in [0.5, 0.6) is 11.5 Å². The summed E-state index contributed by atoms with van der Waals surface area (Å²) in [6, 6.07) is 21.9. The summed E-state index contributed by atoms with van der Waals surface area (Å²) in [5.41, 5.74) is 3.66. The molecule has 0 bridgehead atoms. The Morgan fingerprint density at radius 1 is 1.03 bits per heavy atom. The third-order valence-corrected chi connectivity index (χ3v) is 6.82. The molecular weight excluding hydrogens is 514 g/mol. The maximum Gasteiger partial charge on any atom is 0.294 e. The molecule has 1 aliphatic rings. The molecule has 3 aromatic carbocycles. The van der Waals surface area contributed by atoms with E-state index in [0.717, 1.165) is 34.2 Å². The van der Waals surface area contributed by atoms with Crippen molar-refractivity contribution in [3.05, 3.63) is 93.9 Å². The van der Waals surface area contributed by atoms with Crippen molar-refractivity contribution in [3.63, 3.8) is 0 Å². The van der Waals surface area contributed by atoms with Crippen LogP contribution in [0.3, 0.4) is 0 Å². The van der Waals surface area contributed by atoms with Crippen molar-refractivity contribution >= 4 is 40.6 Å². The summed E-state index contributed by atoms with van der Waals surface area (Å²) in [5.74, 6) is -0.0411. The molecule has 1 saturated heterocycles. The molecule has 1 aliphatic heterocycles. The van der Waals surface area contributed by atoms with Gasteiger partial charge in [0, 0.05) is 11.3 Å². The van der Waals surface area contributed by atoms with Crippen LogP contribution in [0.4, 0.5) is 10.5 Å². The van der Waals surface area contributed by atoms with Crippen molar-refractivity contribution in [1.29, 1.82) is 5.26 Å². The fourth-order valence-electron chi connectivity index (χ4n) is 3.87. The Balaban J connectivity index is 1.44. The van der Waals surface area contributed by atoms with Crippen LogP contribution in [0, 0.1) is 11.3 Å². The molecule has 39 heavy (non-hydrogen) atoms. The van der Waals surface area contributed by atoms with Gasteiger partial charge in [0.1, 0.15) is 13.2 Å². The van der Waals surface area contributed by atoms with E-state index >= 15 is 0 Å². The van der Waals surface area contributed by atoms with Gasteiger partial charge < -0.3 is 14.8 Å². The van der Waals surface area contributed by atoms with Crippen LogP contribution in [0.25, 0.3) is 6.08 Å². The first-order valence-corrected chi connectivity index (χ1v) is 13.2. The van der Waals surface area contributed by atoms with Crippen molar-refractivity contribution in [3.8, 4) is 17.6 Å². The van der Waals surface area contributed by atoms with E-state index in [2.05, 4.69) is 11.4 Å². The highest BCUT2D eigenvalue weighted by Crippen LogP contribution is 2.35. The highest BCUT2D eigenvalue weighted by atomic mass is 32.2. The summed E-state index contributed by atoms with van der Waals surface area (Å²) in [7, 11) is 0. The minimum atomic E-state index is -0.534. The van der Waals surface area contributed by atoms with Crippen molar-refractivity contribution in [2.75, 3.05) is 18.5 Å². The molecule has 1 heterocycles. The molecule has 0 radical (unpaired) electrons. The van der Waals surface area contributed by atoms with Gasteiger partial charge in [0.25, 0.3) is 11.1 Å². The number of hydrogen-bond donors (Lipinski definition) is 1. The van der Waals surface area contributed by atoms with E-state index in [1.807, 2.05) is 38.1 Å². The van der Waals surface area contributed by atoms with E-state index in [-0.39, 0.29) is 18.1 Å². The van der Waals surface area contributed by atoms with Gasteiger partial charge in [-0.25, -0.2) is 0 Å². The van der Waals surface area contributed by atoms with Crippen LogP contribution < -0.4 is 14.8 Å². The van der Waals surface area contributed by atoms with Crippen LogP contribution >= 0.6 is 11.8 Å². The number of anilines is 1. The SMILES string of the molecule is CCOc1cc(/C=C2/SC(=O)N(CC(=O)Nc3ccc(CC)cc3)C2=O)ccc1OCc1ccccc1C#N. The van der Waals surface area contributed by atoms with Gasteiger partial charge >= 0.3 is 0 Å². The van der Waals surface area contributed by atoms with Crippen LogP contribution in [0.1, 0.15) is 36.1 Å². The lowest BCUT2D eigenvalue weighted by atomic mass is 10.1. The van der Waals surface area contributed by atoms with E-state index in [0.29, 0.717) is 34.9 Å². The number of nitrogens with zero attached hydrogens (tertiary/aromatic N) is 2. The number of nitrogens with one attached hydrogen (secondary N) is 1. The first-order chi connectivity index (χ1) is 18.9. The molecule has 1 fully saturated rings. The number of amides is 3. The maximum atomic E-state index is 12.9. The number of benzene rings is 3. The Morgan fingerprint density at radius 2 is 1.79 bits per heavy atom. The number of hydrogen-bond acceptors (Lipinski definition) is 7. The molecule has 0 atom stereocenters. The molecule has 3 amide bonds. The molecule has 0 aromatic heterocycles. The zero-order valence-electron chi connectivity index (χ0n) is 21.6. The monoisotopic (exact) mass is 541 g/mol. The summed E-state index contributed by atoms with van der Waals surface area (Å²) in [5, 5.41) is 11.5. The molecule has 0 aliphatic carbocycles. The minimum absolute atomic E-state index is 0.187. The third kappa shape index (κ3) is 6.86. The Hall–Kier alpha value is -4.55. The molecule has 8 nitrogen and oxygen atoms in total. The number of thioether (sulfide) groups is 1. The topological polar surface area (TPSA) is 109 Å². The highest BCUT2D eigenvalue weighted by molar-refractivity contribution is 8.18. The third-order valence-electron chi connectivity index (χ3n) is 5.91. The Bertz CT molecular complexity index is 1460. The second-order valence-corrected chi connectivity index (χ2v) is 9.56. The molecule has 3 aromatic rings. The lowest BCUT2D eigenvalue weighted by molar-refractivity contribution is -0.127. The van der Waals surface area contributed by atoms with Gasteiger partial charge in [-0.2, -0.15) is 5.26 Å². The number of nitriles is 1. The highest BCUT2D eigenvalue weighted by Gasteiger charge is 2.36. The van der Waals surface area contributed by atoms with Gasteiger partial charge in [0.05, 0.1) is 23.1 Å². The zero-order valence-corrected chi connectivity index (χ0v) is 22.4. The molecule has 0 unspecified atom stereocenters. The summed E-state index contributed by atoms with van der Waals surface area (Å²) in [6.07, 6.45) is 2.47. The van der Waals surface area contributed by atoms with Crippen molar-refractivity contribution in [2.45, 2.75) is 26.9 Å². The van der Waals surface area contributed by atoms with E-state index in [1.54, 1.807) is 48.5 Å². The van der Waals surface area contributed by atoms with Gasteiger partial charge in [-0.1, -0.05) is 43.3 Å². The standard InChI is InChI=1S/C30H27N3O5S/c1-3-20-9-12-24(13-10-20)32-28(34)18-33-29(35)27(39-30(33)36)16-21-11-14-25(26(15-21)37-4-2)38-19-23-8-6-5-7-22(23)17-31/h5-16H,3-4,18-19H2,1-2H3,(H,32,34)/b27-16+. The van der Waals surface area contributed by atoms with Crippen LogP contribution in [-0.2, 0) is 22.6 Å². The van der Waals surface area contributed by atoms with Gasteiger partial charge in [0.2, 0.25) is 5.91 Å². The predicted molar refractivity (Wildman–Crippen MR) is 150 cm³/mol. The first kappa shape index (κ1) is 27.5. The van der Waals surface area contributed by atoms with E-state index in [1.165, 1.54) is 0 Å². The van der Waals surface area contributed by atoms with E-state index in [9.17, 15) is 19.6 Å². The number of carbonyl (C=O) groups is 3. The maximum absolute atomic E-state index is 12.9. The number of imide groups is 1. The van der Waals surface area contributed by atoms with Crippen LogP contribution in [0.15, 0.2) is 71.6 Å². The van der Waals surface area contributed by atoms with Gasteiger partial charge in [-0.05, 0) is 72.6 Å². The molecule has 198 valence electrons. The average molecular weight is 542 g/mol. The Labute approximate surface area is 231 Å². The Kier molecular flexibility index (Phi) is 9.02. The van der Waals surface area contributed by atoms with E-state index < -0.39 is 17.1 Å². The summed E-state index contributed by atoms with van der Waals surface area (Å²) in [6.45, 7) is 4.09. The molecule has 0 spiro atoms. The lowest BCUT2D eigenvalue weighted by Gasteiger charge is -2.13. The fourth-order valence-corrected chi connectivity index (χ4v) is 4.71. The molecular formula is C30H27N3O5S. The number of aryl methyl sites for hydroxylation is 1. The normalized spacial score (nSPS) is 13.9. The summed E-state index contributed by atoms with van der Waals surface area (Å²) >= 11 is 0.781. The molecule has 9 heteroatoms. The molecule has 1 N–H and O–H groups in total.